The summed E-state index contributed by atoms with van der Waals surface area (Å²) in [6.45, 7) is 3.44. The summed E-state index contributed by atoms with van der Waals surface area (Å²) in [5.41, 5.74) is -0.329. The summed E-state index contributed by atoms with van der Waals surface area (Å²) in [5, 5.41) is 4.95. The van der Waals surface area contributed by atoms with Crippen LogP contribution in [-0.2, 0) is 22.2 Å². The van der Waals surface area contributed by atoms with E-state index in [9.17, 15) is 27.2 Å². The molecule has 0 aliphatic rings. The standard InChI is InChI=1S/C21H19ClF4N2O3/c1-13(28-19(29)10-14-3-2-4-15(9-14)21(24,25)26)7-8-27-20(30)12-31-16-5-6-17(22)18(23)11-16/h2-6,9,11H,1,7-8,10,12H2,(H,27,30)(H,28,29). The second-order valence-electron chi connectivity index (χ2n) is 6.49. The predicted octanol–water partition coefficient (Wildman–Crippen LogP) is 4.26. The van der Waals surface area contributed by atoms with Crippen LogP contribution in [0.15, 0.2) is 54.7 Å². The lowest BCUT2D eigenvalue weighted by molar-refractivity contribution is -0.137. The second-order valence-corrected chi connectivity index (χ2v) is 6.90. The Morgan fingerprint density at radius 3 is 2.52 bits per heavy atom. The van der Waals surface area contributed by atoms with Crippen LogP contribution in [-0.4, -0.2) is 25.0 Å². The van der Waals surface area contributed by atoms with E-state index < -0.39 is 29.4 Å². The maximum Gasteiger partial charge on any atom is 0.416 e. The molecule has 0 fully saturated rings. The Morgan fingerprint density at radius 1 is 1.10 bits per heavy atom. The molecule has 166 valence electrons. The van der Waals surface area contributed by atoms with E-state index in [0.29, 0.717) is 0 Å². The van der Waals surface area contributed by atoms with E-state index in [-0.39, 0.29) is 48.0 Å². The van der Waals surface area contributed by atoms with Gasteiger partial charge in [0.05, 0.1) is 17.0 Å². The Hall–Kier alpha value is -3.07. The highest BCUT2D eigenvalue weighted by Gasteiger charge is 2.30. The lowest BCUT2D eigenvalue weighted by atomic mass is 10.1. The number of hydrogen-bond donors (Lipinski definition) is 2. The van der Waals surface area contributed by atoms with Crippen LogP contribution < -0.4 is 15.4 Å². The van der Waals surface area contributed by atoms with Crippen molar-refractivity contribution in [1.82, 2.24) is 10.6 Å². The molecular formula is C21H19ClF4N2O3. The molecule has 0 unspecified atom stereocenters. The monoisotopic (exact) mass is 458 g/mol. The van der Waals surface area contributed by atoms with E-state index in [1.165, 1.54) is 24.3 Å². The second kappa shape index (κ2) is 10.8. The van der Waals surface area contributed by atoms with Gasteiger partial charge in [-0.3, -0.25) is 9.59 Å². The normalized spacial score (nSPS) is 11.0. The fraction of sp³-hybridized carbons (Fsp3) is 0.238. The van der Waals surface area contributed by atoms with E-state index in [4.69, 9.17) is 16.3 Å². The molecule has 0 saturated carbocycles. The molecule has 0 aromatic heterocycles. The molecule has 0 aliphatic carbocycles. The van der Waals surface area contributed by atoms with Gasteiger partial charge in [0.1, 0.15) is 11.6 Å². The van der Waals surface area contributed by atoms with Gasteiger partial charge in [-0.05, 0) is 23.8 Å². The van der Waals surface area contributed by atoms with Gasteiger partial charge >= 0.3 is 6.18 Å². The third kappa shape index (κ3) is 8.29. The molecule has 2 aromatic carbocycles. The lowest BCUT2D eigenvalue weighted by Crippen LogP contribution is -2.32. The van der Waals surface area contributed by atoms with Crippen molar-refractivity contribution in [2.24, 2.45) is 0 Å². The summed E-state index contributed by atoms with van der Waals surface area (Å²) in [4.78, 5) is 23.8. The van der Waals surface area contributed by atoms with Crippen molar-refractivity contribution in [2.45, 2.75) is 19.0 Å². The van der Waals surface area contributed by atoms with Crippen LogP contribution in [0, 0.1) is 5.82 Å². The van der Waals surface area contributed by atoms with Crippen LogP contribution >= 0.6 is 11.6 Å². The van der Waals surface area contributed by atoms with Gasteiger partial charge in [-0.2, -0.15) is 13.2 Å². The van der Waals surface area contributed by atoms with Gasteiger partial charge in [-0.25, -0.2) is 4.39 Å². The molecule has 0 bridgehead atoms. The Balaban J connectivity index is 1.69. The third-order valence-electron chi connectivity index (χ3n) is 3.95. The topological polar surface area (TPSA) is 67.4 Å². The molecule has 2 N–H and O–H groups in total. The molecule has 10 heteroatoms. The van der Waals surface area contributed by atoms with Crippen LogP contribution in [0.1, 0.15) is 17.5 Å². The zero-order valence-electron chi connectivity index (χ0n) is 16.2. The first-order valence-corrected chi connectivity index (χ1v) is 9.40. The first-order chi connectivity index (χ1) is 14.5. The molecule has 2 rings (SSSR count). The number of amides is 2. The Labute approximate surface area is 181 Å². The summed E-state index contributed by atoms with van der Waals surface area (Å²) >= 11 is 5.55. The van der Waals surface area contributed by atoms with Crippen molar-refractivity contribution in [2.75, 3.05) is 13.2 Å². The van der Waals surface area contributed by atoms with Gasteiger partial charge in [-0.15, -0.1) is 0 Å². The Morgan fingerprint density at radius 2 is 1.84 bits per heavy atom. The third-order valence-corrected chi connectivity index (χ3v) is 4.25. The molecule has 2 amide bonds. The van der Waals surface area contributed by atoms with Crippen molar-refractivity contribution in [3.8, 4) is 5.75 Å². The van der Waals surface area contributed by atoms with Crippen molar-refractivity contribution >= 4 is 23.4 Å². The van der Waals surface area contributed by atoms with E-state index in [1.54, 1.807) is 0 Å². The summed E-state index contributed by atoms with van der Waals surface area (Å²) in [7, 11) is 0. The minimum atomic E-state index is -4.49. The highest BCUT2D eigenvalue weighted by Crippen LogP contribution is 2.29. The number of nitrogens with one attached hydrogen (secondary N) is 2. The summed E-state index contributed by atoms with van der Waals surface area (Å²) in [6, 6.07) is 8.26. The molecule has 0 aliphatic heterocycles. The van der Waals surface area contributed by atoms with E-state index in [0.717, 1.165) is 18.2 Å². The molecule has 0 radical (unpaired) electrons. The molecule has 0 heterocycles. The van der Waals surface area contributed by atoms with Crippen molar-refractivity contribution in [3.05, 3.63) is 76.7 Å². The van der Waals surface area contributed by atoms with E-state index in [2.05, 4.69) is 17.2 Å². The van der Waals surface area contributed by atoms with E-state index in [1.807, 2.05) is 0 Å². The number of hydrogen-bond acceptors (Lipinski definition) is 3. The van der Waals surface area contributed by atoms with Gasteiger partial charge in [0, 0.05) is 24.7 Å². The van der Waals surface area contributed by atoms with Crippen LogP contribution in [0.5, 0.6) is 5.75 Å². The van der Waals surface area contributed by atoms with Gasteiger partial charge < -0.3 is 15.4 Å². The average Bonchev–Trinajstić information content (AvgIpc) is 2.68. The van der Waals surface area contributed by atoms with Gasteiger partial charge in [0.15, 0.2) is 6.61 Å². The highest BCUT2D eigenvalue weighted by molar-refractivity contribution is 6.30. The lowest BCUT2D eigenvalue weighted by Gasteiger charge is -2.11. The average molecular weight is 459 g/mol. The highest BCUT2D eigenvalue weighted by atomic mass is 35.5. The number of carbonyl (C=O) groups is 2. The van der Waals surface area contributed by atoms with Crippen LogP contribution in [0.4, 0.5) is 17.6 Å². The van der Waals surface area contributed by atoms with Gasteiger partial charge in [-0.1, -0.05) is 36.4 Å². The SMILES string of the molecule is C=C(CCNC(=O)COc1ccc(Cl)c(F)c1)NC(=O)Cc1cccc(C(F)(F)F)c1. The van der Waals surface area contributed by atoms with Crippen molar-refractivity contribution in [3.63, 3.8) is 0 Å². The Bertz CT molecular complexity index is 964. The number of alkyl halides is 3. The van der Waals surface area contributed by atoms with Gasteiger partial charge in [0.25, 0.3) is 5.91 Å². The van der Waals surface area contributed by atoms with Crippen LogP contribution in [0.3, 0.4) is 0 Å². The maximum atomic E-state index is 13.3. The van der Waals surface area contributed by atoms with Crippen molar-refractivity contribution in [1.29, 1.82) is 0 Å². The number of rotatable bonds is 9. The number of halogens is 5. The minimum Gasteiger partial charge on any atom is -0.484 e. The minimum absolute atomic E-state index is 0.0644. The molecule has 0 spiro atoms. The number of benzene rings is 2. The fourth-order valence-electron chi connectivity index (χ4n) is 2.47. The van der Waals surface area contributed by atoms with Crippen LogP contribution in [0.2, 0.25) is 5.02 Å². The zero-order chi connectivity index (χ0) is 23.0. The largest absolute Gasteiger partial charge is 0.484 e. The summed E-state index contributed by atoms with van der Waals surface area (Å²) in [6.07, 6.45) is -4.53. The summed E-state index contributed by atoms with van der Waals surface area (Å²) in [5.74, 6) is -1.53. The Kier molecular flexibility index (Phi) is 8.44. The smallest absolute Gasteiger partial charge is 0.416 e. The maximum absolute atomic E-state index is 13.3. The molecule has 0 saturated heterocycles. The number of ether oxygens (including phenoxy) is 1. The first kappa shape index (κ1) is 24.2. The van der Waals surface area contributed by atoms with Crippen LogP contribution in [0.25, 0.3) is 0 Å². The van der Waals surface area contributed by atoms with Crippen molar-refractivity contribution < 1.29 is 31.9 Å². The predicted molar refractivity (Wildman–Crippen MR) is 107 cm³/mol. The molecule has 31 heavy (non-hydrogen) atoms. The zero-order valence-corrected chi connectivity index (χ0v) is 16.9. The van der Waals surface area contributed by atoms with Gasteiger partial charge in [0.2, 0.25) is 5.91 Å². The molecular weight excluding hydrogens is 440 g/mol. The first-order valence-electron chi connectivity index (χ1n) is 9.03. The molecule has 0 atom stereocenters. The summed E-state index contributed by atoms with van der Waals surface area (Å²) < 4.78 is 56.6. The van der Waals surface area contributed by atoms with E-state index >= 15 is 0 Å². The molecule has 2 aromatic rings. The molecule has 5 nitrogen and oxygen atoms in total. The number of carbonyl (C=O) groups excluding carboxylic acids is 2. The fourth-order valence-corrected chi connectivity index (χ4v) is 2.58. The quantitative estimate of drug-likeness (QED) is 0.552.